The van der Waals surface area contributed by atoms with E-state index in [-0.39, 0.29) is 5.91 Å². The summed E-state index contributed by atoms with van der Waals surface area (Å²) in [6.45, 7) is 0. The Morgan fingerprint density at radius 3 is 2.41 bits per heavy atom. The van der Waals surface area contributed by atoms with E-state index in [9.17, 15) is 4.79 Å². The highest BCUT2D eigenvalue weighted by atomic mass is 35.5. The van der Waals surface area contributed by atoms with Crippen LogP contribution < -0.4 is 14.8 Å². The van der Waals surface area contributed by atoms with Crippen LogP contribution in [-0.4, -0.2) is 35.1 Å². The maximum atomic E-state index is 12.7. The van der Waals surface area contributed by atoms with Gasteiger partial charge in [0.2, 0.25) is 0 Å². The standard InChI is InChI=1S/C21H17ClN4O3/c1-28-16-7-5-15(6-8-16)26-24-18-9-4-14(12-19(18)25-26)23-21(27)17-11-13(22)3-10-20(17)29-2/h3-12H,1-2H3,(H,23,27). The topological polar surface area (TPSA) is 78.3 Å². The molecule has 0 atom stereocenters. The van der Waals surface area contributed by atoms with Crippen molar-refractivity contribution in [2.75, 3.05) is 19.5 Å². The van der Waals surface area contributed by atoms with Gasteiger partial charge in [-0.3, -0.25) is 4.79 Å². The van der Waals surface area contributed by atoms with Gasteiger partial charge in [0, 0.05) is 10.7 Å². The summed E-state index contributed by atoms with van der Waals surface area (Å²) in [5.41, 5.74) is 3.10. The van der Waals surface area contributed by atoms with E-state index in [2.05, 4.69) is 15.5 Å². The Morgan fingerprint density at radius 1 is 0.931 bits per heavy atom. The normalized spacial score (nSPS) is 10.7. The number of hydrogen-bond acceptors (Lipinski definition) is 5. The number of ether oxygens (including phenoxy) is 2. The molecule has 1 aromatic heterocycles. The predicted molar refractivity (Wildman–Crippen MR) is 111 cm³/mol. The smallest absolute Gasteiger partial charge is 0.259 e. The first-order valence-corrected chi connectivity index (χ1v) is 9.11. The van der Waals surface area contributed by atoms with Crippen molar-refractivity contribution in [2.24, 2.45) is 0 Å². The van der Waals surface area contributed by atoms with Crippen molar-refractivity contribution in [1.29, 1.82) is 0 Å². The number of methoxy groups -OCH3 is 2. The summed E-state index contributed by atoms with van der Waals surface area (Å²) < 4.78 is 10.4. The van der Waals surface area contributed by atoms with Crippen LogP contribution in [0.1, 0.15) is 10.4 Å². The summed E-state index contributed by atoms with van der Waals surface area (Å²) in [4.78, 5) is 14.2. The van der Waals surface area contributed by atoms with Gasteiger partial charge in [-0.2, -0.15) is 4.80 Å². The zero-order valence-corrected chi connectivity index (χ0v) is 16.5. The Bertz CT molecular complexity index is 1190. The number of fused-ring (bicyclic) bond motifs is 1. The van der Waals surface area contributed by atoms with Crippen molar-refractivity contribution in [2.45, 2.75) is 0 Å². The molecule has 3 aromatic carbocycles. The lowest BCUT2D eigenvalue weighted by atomic mass is 10.1. The number of carbonyl (C=O) groups excluding carboxylic acids is 1. The molecule has 0 saturated heterocycles. The van der Waals surface area contributed by atoms with Crippen LogP contribution in [0.4, 0.5) is 5.69 Å². The first-order valence-electron chi connectivity index (χ1n) is 8.74. The summed E-state index contributed by atoms with van der Waals surface area (Å²) >= 11 is 6.01. The van der Waals surface area contributed by atoms with E-state index in [1.807, 2.05) is 24.3 Å². The summed E-state index contributed by atoms with van der Waals surface area (Å²) in [6, 6.07) is 17.6. The minimum atomic E-state index is -0.328. The molecule has 0 fully saturated rings. The van der Waals surface area contributed by atoms with E-state index >= 15 is 0 Å². The van der Waals surface area contributed by atoms with Gasteiger partial charge >= 0.3 is 0 Å². The average molecular weight is 409 g/mol. The second-order valence-corrected chi connectivity index (χ2v) is 6.63. The summed E-state index contributed by atoms with van der Waals surface area (Å²) in [5.74, 6) is 0.872. The molecule has 29 heavy (non-hydrogen) atoms. The fourth-order valence-electron chi connectivity index (χ4n) is 2.88. The molecule has 4 aromatic rings. The average Bonchev–Trinajstić information content (AvgIpc) is 3.17. The number of nitrogens with zero attached hydrogens (tertiary/aromatic N) is 3. The zero-order chi connectivity index (χ0) is 20.4. The largest absolute Gasteiger partial charge is 0.497 e. The molecule has 0 radical (unpaired) electrons. The lowest BCUT2D eigenvalue weighted by molar-refractivity contribution is 0.102. The molecule has 146 valence electrons. The van der Waals surface area contributed by atoms with Gasteiger partial charge in [0.1, 0.15) is 22.5 Å². The molecule has 1 N–H and O–H groups in total. The molecule has 0 spiro atoms. The minimum absolute atomic E-state index is 0.328. The van der Waals surface area contributed by atoms with Crippen molar-refractivity contribution in [3.63, 3.8) is 0 Å². The number of benzene rings is 3. The van der Waals surface area contributed by atoms with Gasteiger partial charge in [0.05, 0.1) is 25.5 Å². The van der Waals surface area contributed by atoms with Crippen LogP contribution in [0.2, 0.25) is 5.02 Å². The molecule has 1 amide bonds. The fourth-order valence-corrected chi connectivity index (χ4v) is 3.05. The van der Waals surface area contributed by atoms with Crippen LogP contribution in [0.25, 0.3) is 16.7 Å². The van der Waals surface area contributed by atoms with Crippen molar-refractivity contribution in [1.82, 2.24) is 15.0 Å². The Kier molecular flexibility index (Phi) is 5.05. The maximum Gasteiger partial charge on any atom is 0.259 e. The SMILES string of the molecule is COc1ccc(-n2nc3ccc(NC(=O)c4cc(Cl)ccc4OC)cc3n2)cc1. The molecule has 0 aliphatic heterocycles. The number of nitrogens with one attached hydrogen (secondary N) is 1. The van der Waals surface area contributed by atoms with Crippen molar-refractivity contribution in [3.05, 3.63) is 71.2 Å². The van der Waals surface area contributed by atoms with Crippen LogP contribution in [0.15, 0.2) is 60.7 Å². The van der Waals surface area contributed by atoms with E-state index < -0.39 is 0 Å². The Labute approximate surface area is 171 Å². The Balaban J connectivity index is 1.60. The van der Waals surface area contributed by atoms with E-state index in [0.29, 0.717) is 33.1 Å². The van der Waals surface area contributed by atoms with Gasteiger partial charge in [-0.1, -0.05) is 11.6 Å². The highest BCUT2D eigenvalue weighted by Gasteiger charge is 2.14. The van der Waals surface area contributed by atoms with E-state index in [0.717, 1.165) is 11.4 Å². The Morgan fingerprint density at radius 2 is 1.69 bits per heavy atom. The molecule has 0 aliphatic carbocycles. The highest BCUT2D eigenvalue weighted by Crippen LogP contribution is 2.25. The zero-order valence-electron chi connectivity index (χ0n) is 15.7. The van der Waals surface area contributed by atoms with Crippen LogP contribution in [-0.2, 0) is 0 Å². The second kappa shape index (κ2) is 7.81. The molecule has 0 bridgehead atoms. The van der Waals surface area contributed by atoms with E-state index in [1.165, 1.54) is 11.9 Å². The summed E-state index contributed by atoms with van der Waals surface area (Å²) in [6.07, 6.45) is 0. The molecule has 0 saturated carbocycles. The molecular formula is C21H17ClN4O3. The first-order chi connectivity index (χ1) is 14.1. The highest BCUT2D eigenvalue weighted by molar-refractivity contribution is 6.31. The van der Waals surface area contributed by atoms with Crippen molar-refractivity contribution >= 4 is 34.2 Å². The quantitative estimate of drug-likeness (QED) is 0.531. The maximum absolute atomic E-state index is 12.7. The van der Waals surface area contributed by atoms with Crippen LogP contribution >= 0.6 is 11.6 Å². The third-order valence-corrected chi connectivity index (χ3v) is 4.58. The third kappa shape index (κ3) is 3.86. The lowest BCUT2D eigenvalue weighted by Gasteiger charge is -2.09. The summed E-state index contributed by atoms with van der Waals surface area (Å²) in [5, 5.41) is 12.3. The van der Waals surface area contributed by atoms with Crippen LogP contribution in [0, 0.1) is 0 Å². The van der Waals surface area contributed by atoms with Crippen LogP contribution in [0.3, 0.4) is 0 Å². The predicted octanol–water partition coefficient (Wildman–Crippen LogP) is 4.34. The second-order valence-electron chi connectivity index (χ2n) is 6.19. The molecule has 4 rings (SSSR count). The number of carbonyl (C=O) groups is 1. The lowest BCUT2D eigenvalue weighted by Crippen LogP contribution is -2.13. The number of halogens is 1. The molecule has 1 heterocycles. The first kappa shape index (κ1) is 18.8. The van der Waals surface area contributed by atoms with Gasteiger partial charge in [-0.15, -0.1) is 10.2 Å². The minimum Gasteiger partial charge on any atom is -0.497 e. The van der Waals surface area contributed by atoms with Crippen LogP contribution in [0.5, 0.6) is 11.5 Å². The molecule has 8 heteroatoms. The molecule has 7 nitrogen and oxygen atoms in total. The molecule has 0 unspecified atom stereocenters. The number of amides is 1. The van der Waals surface area contributed by atoms with Gasteiger partial charge in [0.15, 0.2) is 0 Å². The van der Waals surface area contributed by atoms with E-state index in [4.69, 9.17) is 21.1 Å². The number of aromatic nitrogens is 3. The summed E-state index contributed by atoms with van der Waals surface area (Å²) in [7, 11) is 3.12. The molecular weight excluding hydrogens is 392 g/mol. The third-order valence-electron chi connectivity index (χ3n) is 4.35. The Hall–Kier alpha value is -3.58. The van der Waals surface area contributed by atoms with Crippen molar-refractivity contribution < 1.29 is 14.3 Å². The monoisotopic (exact) mass is 408 g/mol. The number of rotatable bonds is 5. The van der Waals surface area contributed by atoms with Gasteiger partial charge in [0.25, 0.3) is 5.91 Å². The van der Waals surface area contributed by atoms with Gasteiger partial charge in [-0.25, -0.2) is 0 Å². The molecule has 0 aliphatic rings. The number of hydrogen-bond donors (Lipinski definition) is 1. The van der Waals surface area contributed by atoms with E-state index in [1.54, 1.807) is 43.5 Å². The van der Waals surface area contributed by atoms with Gasteiger partial charge < -0.3 is 14.8 Å². The van der Waals surface area contributed by atoms with Crippen molar-refractivity contribution in [3.8, 4) is 17.2 Å². The fraction of sp³-hybridized carbons (Fsp3) is 0.0952. The number of anilines is 1. The van der Waals surface area contributed by atoms with Gasteiger partial charge in [-0.05, 0) is 60.7 Å².